The first-order valence-electron chi connectivity index (χ1n) is 8.11. The van der Waals surface area contributed by atoms with E-state index in [4.69, 9.17) is 0 Å². The normalized spacial score (nSPS) is 20.0. The van der Waals surface area contributed by atoms with Gasteiger partial charge in [-0.3, -0.25) is 4.79 Å². The molecule has 2 aromatic carbocycles. The van der Waals surface area contributed by atoms with Crippen molar-refractivity contribution in [1.82, 2.24) is 0 Å². The lowest BCUT2D eigenvalue weighted by Crippen LogP contribution is -2.34. The van der Waals surface area contributed by atoms with Gasteiger partial charge in [0.1, 0.15) is 0 Å². The standard InChI is InChI=1S/C20H18O2S2/c1-12-6-7-15(14-5-3-2-4-13(12)14)17-10-11-19(23-17)24-18-9-8-16(18)20(21)22/h2-7,10-11,16,18H,8-9H2,1H3,(H,21,22). The Morgan fingerprint density at radius 1 is 1.08 bits per heavy atom. The Kier molecular flexibility index (Phi) is 4.10. The number of aliphatic carboxylic acids is 1. The van der Waals surface area contributed by atoms with Crippen LogP contribution in [0.15, 0.2) is 52.7 Å². The molecule has 2 unspecified atom stereocenters. The quantitative estimate of drug-likeness (QED) is 0.640. The summed E-state index contributed by atoms with van der Waals surface area (Å²) in [6.07, 6.45) is 1.82. The van der Waals surface area contributed by atoms with Crippen molar-refractivity contribution in [3.63, 3.8) is 0 Å². The van der Waals surface area contributed by atoms with E-state index in [1.807, 2.05) is 0 Å². The fourth-order valence-corrected chi connectivity index (χ4v) is 5.96. The van der Waals surface area contributed by atoms with Crippen LogP contribution in [0, 0.1) is 12.8 Å². The predicted molar refractivity (Wildman–Crippen MR) is 102 cm³/mol. The first kappa shape index (κ1) is 15.7. The van der Waals surface area contributed by atoms with Crippen LogP contribution in [-0.2, 0) is 4.79 Å². The van der Waals surface area contributed by atoms with Crippen LogP contribution in [0.2, 0.25) is 0 Å². The van der Waals surface area contributed by atoms with Crippen LogP contribution >= 0.6 is 23.1 Å². The first-order valence-corrected chi connectivity index (χ1v) is 9.81. The summed E-state index contributed by atoms with van der Waals surface area (Å²) in [7, 11) is 0. The van der Waals surface area contributed by atoms with E-state index in [0.717, 1.165) is 12.8 Å². The fraction of sp³-hybridized carbons (Fsp3) is 0.250. The molecule has 24 heavy (non-hydrogen) atoms. The van der Waals surface area contributed by atoms with E-state index in [1.54, 1.807) is 23.1 Å². The summed E-state index contributed by atoms with van der Waals surface area (Å²) in [5.41, 5.74) is 2.55. The van der Waals surface area contributed by atoms with E-state index in [9.17, 15) is 9.90 Å². The van der Waals surface area contributed by atoms with Crippen LogP contribution in [0.3, 0.4) is 0 Å². The molecule has 4 heteroatoms. The van der Waals surface area contributed by atoms with Crippen molar-refractivity contribution >= 4 is 39.8 Å². The molecule has 1 aliphatic carbocycles. The molecule has 1 aromatic heterocycles. The van der Waals surface area contributed by atoms with E-state index in [2.05, 4.69) is 55.5 Å². The first-order chi connectivity index (χ1) is 11.6. The summed E-state index contributed by atoms with van der Waals surface area (Å²) < 4.78 is 1.21. The van der Waals surface area contributed by atoms with Crippen molar-refractivity contribution in [2.45, 2.75) is 29.2 Å². The number of fused-ring (bicyclic) bond motifs is 1. The Labute approximate surface area is 149 Å². The molecule has 0 radical (unpaired) electrons. The highest BCUT2D eigenvalue weighted by Crippen LogP contribution is 2.45. The molecule has 0 saturated heterocycles. The molecule has 1 N–H and O–H groups in total. The highest BCUT2D eigenvalue weighted by Gasteiger charge is 2.37. The van der Waals surface area contributed by atoms with Crippen molar-refractivity contribution in [2.75, 3.05) is 0 Å². The Morgan fingerprint density at radius 3 is 2.58 bits per heavy atom. The molecule has 0 bridgehead atoms. The van der Waals surface area contributed by atoms with Gasteiger partial charge in [-0.1, -0.05) is 36.4 Å². The number of carboxylic acids is 1. The van der Waals surface area contributed by atoms with Crippen molar-refractivity contribution in [2.24, 2.45) is 5.92 Å². The number of benzene rings is 2. The number of aryl methyl sites for hydroxylation is 1. The highest BCUT2D eigenvalue weighted by atomic mass is 32.2. The van der Waals surface area contributed by atoms with Crippen LogP contribution < -0.4 is 0 Å². The van der Waals surface area contributed by atoms with Crippen LogP contribution in [0.5, 0.6) is 0 Å². The molecule has 2 nitrogen and oxygen atoms in total. The van der Waals surface area contributed by atoms with Gasteiger partial charge >= 0.3 is 5.97 Å². The largest absolute Gasteiger partial charge is 0.481 e. The molecule has 0 spiro atoms. The Bertz CT molecular complexity index is 913. The lowest BCUT2D eigenvalue weighted by Gasteiger charge is -2.32. The zero-order valence-corrected chi connectivity index (χ0v) is 15.0. The summed E-state index contributed by atoms with van der Waals surface area (Å²) in [6.45, 7) is 2.14. The van der Waals surface area contributed by atoms with E-state index in [0.29, 0.717) is 0 Å². The third-order valence-corrected chi connectivity index (χ3v) is 7.47. The van der Waals surface area contributed by atoms with Gasteiger partial charge in [-0.25, -0.2) is 0 Å². The number of thioether (sulfide) groups is 1. The molecule has 2 atom stereocenters. The van der Waals surface area contributed by atoms with Crippen LogP contribution in [0.1, 0.15) is 18.4 Å². The van der Waals surface area contributed by atoms with Crippen LogP contribution in [0.4, 0.5) is 0 Å². The van der Waals surface area contributed by atoms with E-state index < -0.39 is 5.97 Å². The van der Waals surface area contributed by atoms with Gasteiger partial charge in [-0.05, 0) is 53.8 Å². The Balaban J connectivity index is 1.64. The van der Waals surface area contributed by atoms with Gasteiger partial charge in [-0.15, -0.1) is 23.1 Å². The van der Waals surface area contributed by atoms with Gasteiger partial charge in [0.15, 0.2) is 0 Å². The summed E-state index contributed by atoms with van der Waals surface area (Å²) in [5.74, 6) is -0.833. The molecule has 1 fully saturated rings. The number of hydrogen-bond donors (Lipinski definition) is 1. The van der Waals surface area contributed by atoms with E-state index in [1.165, 1.54) is 31.0 Å². The molecular weight excluding hydrogens is 336 g/mol. The average Bonchev–Trinajstić information content (AvgIpc) is 3.00. The zero-order valence-electron chi connectivity index (χ0n) is 13.4. The van der Waals surface area contributed by atoms with Crippen molar-refractivity contribution in [3.05, 3.63) is 54.1 Å². The van der Waals surface area contributed by atoms with E-state index in [-0.39, 0.29) is 11.2 Å². The molecule has 3 aromatic rings. The summed E-state index contributed by atoms with van der Waals surface area (Å²) in [4.78, 5) is 12.4. The topological polar surface area (TPSA) is 37.3 Å². The third-order valence-electron chi connectivity index (χ3n) is 4.78. The zero-order chi connectivity index (χ0) is 16.7. The average molecular weight is 354 g/mol. The smallest absolute Gasteiger partial charge is 0.307 e. The molecule has 122 valence electrons. The molecule has 4 rings (SSSR count). The highest BCUT2D eigenvalue weighted by molar-refractivity contribution is 8.01. The van der Waals surface area contributed by atoms with Gasteiger partial charge < -0.3 is 5.11 Å². The van der Waals surface area contributed by atoms with Crippen molar-refractivity contribution < 1.29 is 9.90 Å². The van der Waals surface area contributed by atoms with E-state index >= 15 is 0 Å². The molecule has 1 saturated carbocycles. The van der Waals surface area contributed by atoms with Gasteiger partial charge in [0.25, 0.3) is 0 Å². The minimum Gasteiger partial charge on any atom is -0.481 e. The summed E-state index contributed by atoms with van der Waals surface area (Å²) in [6, 6.07) is 17.2. The number of thiophene rings is 1. The van der Waals surface area contributed by atoms with Gasteiger partial charge in [0, 0.05) is 10.1 Å². The second-order valence-electron chi connectivity index (χ2n) is 6.27. The second-order valence-corrected chi connectivity index (χ2v) is 8.90. The maximum Gasteiger partial charge on any atom is 0.307 e. The van der Waals surface area contributed by atoms with Crippen molar-refractivity contribution in [3.8, 4) is 10.4 Å². The third kappa shape index (κ3) is 2.74. The minimum atomic E-state index is -0.653. The number of hydrogen-bond acceptors (Lipinski definition) is 3. The second kappa shape index (κ2) is 6.26. The molecule has 1 aliphatic rings. The maximum absolute atomic E-state index is 11.2. The number of rotatable bonds is 4. The maximum atomic E-state index is 11.2. The lowest BCUT2D eigenvalue weighted by molar-refractivity contribution is -0.144. The molecule has 0 aliphatic heterocycles. The number of carboxylic acid groups (broad SMARTS) is 1. The Morgan fingerprint density at radius 2 is 1.88 bits per heavy atom. The van der Waals surface area contributed by atoms with Gasteiger partial charge in [-0.2, -0.15) is 0 Å². The minimum absolute atomic E-state index is 0.180. The van der Waals surface area contributed by atoms with Gasteiger partial charge in [0.2, 0.25) is 0 Å². The van der Waals surface area contributed by atoms with Crippen LogP contribution in [-0.4, -0.2) is 16.3 Å². The van der Waals surface area contributed by atoms with Crippen molar-refractivity contribution in [1.29, 1.82) is 0 Å². The predicted octanol–water partition coefficient (Wildman–Crippen LogP) is 5.83. The fourth-order valence-electron chi connectivity index (χ4n) is 3.24. The van der Waals surface area contributed by atoms with Crippen LogP contribution in [0.25, 0.3) is 21.2 Å². The molecule has 1 heterocycles. The summed E-state index contributed by atoms with van der Waals surface area (Å²) in [5, 5.41) is 12.0. The van der Waals surface area contributed by atoms with Gasteiger partial charge in [0.05, 0.1) is 10.1 Å². The summed E-state index contributed by atoms with van der Waals surface area (Å²) >= 11 is 3.50. The monoisotopic (exact) mass is 354 g/mol. The lowest BCUT2D eigenvalue weighted by atomic mass is 9.85. The molecular formula is C20H18O2S2. The molecule has 0 amide bonds. The number of carbonyl (C=O) groups is 1. The SMILES string of the molecule is Cc1ccc(-c2ccc(SC3CCC3C(=O)O)s2)c2ccccc12. The Hall–Kier alpha value is -1.78.